The molecule has 0 aromatic carbocycles. The molecule has 18 nitrogen and oxygen atoms in total. The highest BCUT2D eigenvalue weighted by atomic mass is 31.3. The van der Waals surface area contributed by atoms with Crippen LogP contribution in [0.1, 0.15) is 6.23 Å². The average molecular weight is 546 g/mol. The number of phosphoric acid groups is 3. The number of H-pyrrole nitrogens is 1. The van der Waals surface area contributed by atoms with Gasteiger partial charge < -0.3 is 44.8 Å². The molecule has 188 valence electrons. The highest BCUT2D eigenvalue weighted by molar-refractivity contribution is 7.66. The van der Waals surface area contributed by atoms with Crippen LogP contribution in [-0.2, 0) is 31.6 Å². The van der Waals surface area contributed by atoms with Crippen molar-refractivity contribution in [1.82, 2.24) is 14.5 Å². The van der Waals surface area contributed by atoms with Crippen LogP contribution in [0.5, 0.6) is 0 Å². The van der Waals surface area contributed by atoms with Gasteiger partial charge >= 0.3 is 23.5 Å². The minimum Gasteiger partial charge on any atom is -0.386 e. The molecule has 0 aliphatic carbocycles. The van der Waals surface area contributed by atoms with Crippen LogP contribution in [0.25, 0.3) is 11.0 Å². The van der Waals surface area contributed by atoms with E-state index < -0.39 is 59.7 Å². The highest BCUT2D eigenvalue weighted by Gasteiger charge is 2.56. The second kappa shape index (κ2) is 8.94. The summed E-state index contributed by atoms with van der Waals surface area (Å²) in [6.07, 6.45) is 1.28. The number of aliphatic hydroxyl groups is 2. The van der Waals surface area contributed by atoms with Gasteiger partial charge in [0, 0.05) is 6.20 Å². The van der Waals surface area contributed by atoms with Crippen LogP contribution in [-0.4, -0.2) is 68.7 Å². The number of hydrogen-bond donors (Lipinski definition) is 8. The van der Waals surface area contributed by atoms with E-state index in [9.17, 15) is 38.5 Å². The lowest BCUT2D eigenvalue weighted by molar-refractivity contribution is -0.0715. The molecule has 3 rings (SSSR count). The molecular weight excluding hydrogens is 529 g/mol. The van der Waals surface area contributed by atoms with Gasteiger partial charge in [0.25, 0.3) is 5.56 Å². The van der Waals surface area contributed by atoms with Crippen LogP contribution < -0.4 is 11.3 Å². The summed E-state index contributed by atoms with van der Waals surface area (Å²) in [5, 5.41) is 21.3. The van der Waals surface area contributed by atoms with E-state index in [1.165, 1.54) is 12.3 Å². The summed E-state index contributed by atoms with van der Waals surface area (Å²) in [4.78, 5) is 54.0. The van der Waals surface area contributed by atoms with E-state index in [4.69, 9.17) is 26.7 Å². The van der Waals surface area contributed by atoms with Crippen molar-refractivity contribution in [3.8, 4) is 12.3 Å². The lowest BCUT2D eigenvalue weighted by atomic mass is 9.95. The zero-order chi connectivity index (χ0) is 25.7. The minimum absolute atomic E-state index is 0.0170. The molecule has 1 aliphatic rings. The third kappa shape index (κ3) is 5.48. The van der Waals surface area contributed by atoms with E-state index >= 15 is 0 Å². The summed E-state index contributed by atoms with van der Waals surface area (Å²) in [6, 6.07) is 1.28. The number of rotatable bonds is 8. The lowest BCUT2D eigenvalue weighted by Gasteiger charge is -2.26. The van der Waals surface area contributed by atoms with Crippen LogP contribution >= 0.6 is 23.5 Å². The number of hydrogen-bond acceptors (Lipinski definition) is 12. The first-order valence-corrected chi connectivity index (χ1v) is 13.2. The maximum absolute atomic E-state index is 12.0. The second-order valence-corrected chi connectivity index (χ2v) is 11.2. The van der Waals surface area contributed by atoms with Gasteiger partial charge in [0.1, 0.15) is 12.2 Å². The number of nitrogens with zero attached hydrogens (tertiary/aromatic N) is 2. The predicted octanol–water partition coefficient (Wildman–Crippen LogP) is -1.73. The van der Waals surface area contributed by atoms with Crippen molar-refractivity contribution in [2.75, 3.05) is 12.3 Å². The minimum atomic E-state index is -5.78. The number of terminal acetylenes is 1. The Labute approximate surface area is 188 Å². The number of aromatic nitrogens is 3. The van der Waals surface area contributed by atoms with Gasteiger partial charge in [-0.05, 0) is 6.07 Å². The fourth-order valence-electron chi connectivity index (χ4n) is 3.06. The number of nitrogen functional groups attached to an aromatic ring is 1. The maximum atomic E-state index is 12.0. The summed E-state index contributed by atoms with van der Waals surface area (Å²) >= 11 is 0. The topological polar surface area (TPSA) is 286 Å². The number of nitrogens with one attached hydrogen (secondary N) is 1. The van der Waals surface area contributed by atoms with Gasteiger partial charge in [-0.3, -0.25) is 14.3 Å². The van der Waals surface area contributed by atoms with E-state index in [1.54, 1.807) is 0 Å². The van der Waals surface area contributed by atoms with Crippen molar-refractivity contribution in [2.45, 2.75) is 24.0 Å². The Morgan fingerprint density at radius 2 is 1.91 bits per heavy atom. The summed E-state index contributed by atoms with van der Waals surface area (Å²) in [5.74, 6) is 1.63. The molecule has 21 heteroatoms. The first-order valence-electron chi connectivity index (χ1n) is 8.66. The van der Waals surface area contributed by atoms with E-state index in [2.05, 4.69) is 23.1 Å². The van der Waals surface area contributed by atoms with Gasteiger partial charge in [-0.1, -0.05) is 5.92 Å². The molecule has 34 heavy (non-hydrogen) atoms. The van der Waals surface area contributed by atoms with Crippen LogP contribution in [0.4, 0.5) is 5.95 Å². The number of nitrogens with two attached hydrogens (primary N) is 1. The highest BCUT2D eigenvalue weighted by Crippen LogP contribution is 2.66. The molecule has 4 unspecified atom stereocenters. The first kappa shape index (κ1) is 26.7. The van der Waals surface area contributed by atoms with Gasteiger partial charge in [-0.25, -0.2) is 13.7 Å². The Morgan fingerprint density at radius 3 is 2.50 bits per heavy atom. The molecule has 1 aliphatic heterocycles. The molecule has 0 radical (unpaired) electrons. The number of ether oxygens (including phenoxy) is 1. The van der Waals surface area contributed by atoms with Crippen molar-refractivity contribution < 1.29 is 61.4 Å². The van der Waals surface area contributed by atoms with Crippen LogP contribution in [0, 0.1) is 12.3 Å². The molecule has 9 N–H and O–H groups in total. The normalized spacial score (nSPS) is 28.9. The number of phosphoric ester groups is 1. The lowest BCUT2D eigenvalue weighted by Crippen LogP contribution is -2.45. The fraction of sp³-hybridized carbons (Fsp3) is 0.385. The van der Waals surface area contributed by atoms with Crippen molar-refractivity contribution >= 4 is 40.4 Å². The van der Waals surface area contributed by atoms with Crippen LogP contribution in [0.15, 0.2) is 17.1 Å². The van der Waals surface area contributed by atoms with Crippen LogP contribution in [0.2, 0.25) is 0 Å². The Kier molecular flexibility index (Phi) is 7.01. The first-order chi connectivity index (χ1) is 15.5. The van der Waals surface area contributed by atoms with E-state index in [0.29, 0.717) is 0 Å². The van der Waals surface area contributed by atoms with Crippen LogP contribution in [0.3, 0.4) is 0 Å². The quantitative estimate of drug-likeness (QED) is 0.135. The molecule has 0 amide bonds. The Balaban J connectivity index is 1.83. The largest absolute Gasteiger partial charge is 0.490 e. The second-order valence-electron chi connectivity index (χ2n) is 6.74. The standard InChI is InChI=1S/C13H17N4O14P3/c1-2-13(20)8(18)7(5-28-33(24,25)31-34(26,27)30-32(21,22)23)29-11(13)17-4-3-6-9(17)15-12(14)16-10(6)19/h1,3-4,7-8,11,18,20H,5H2,(H,24,25)(H,26,27)(H2,21,22,23)(H3,14,15,16,19)/t7?,8-,11+,13?/m0/s1. The number of aliphatic hydroxyl groups excluding tert-OH is 1. The number of aromatic amines is 1. The molecule has 1 fully saturated rings. The molecule has 1 saturated heterocycles. The van der Waals surface area contributed by atoms with Crippen molar-refractivity contribution in [1.29, 1.82) is 0 Å². The Hall–Kier alpha value is -1.93. The monoisotopic (exact) mass is 546 g/mol. The Bertz CT molecular complexity index is 1340. The average Bonchev–Trinajstić information content (AvgIpc) is 3.17. The van der Waals surface area contributed by atoms with Gasteiger partial charge in [0.05, 0.1) is 12.0 Å². The summed E-state index contributed by atoms with van der Waals surface area (Å²) in [6.45, 7) is -1.10. The number of anilines is 1. The SMILES string of the molecule is C#CC1(O)[C@@H](O)C(COP(=O)(O)OP(=O)(O)OP(=O)(O)O)O[C@H]1n1ccc2c(=O)[nH]c(N)nc21. The smallest absolute Gasteiger partial charge is 0.386 e. The molecule has 0 bridgehead atoms. The zero-order valence-corrected chi connectivity index (χ0v) is 19.1. The molecule has 6 atom stereocenters. The molecule has 0 saturated carbocycles. The third-order valence-electron chi connectivity index (χ3n) is 4.38. The summed E-state index contributed by atoms with van der Waals surface area (Å²) < 4.78 is 52.1. The predicted molar refractivity (Wildman–Crippen MR) is 108 cm³/mol. The van der Waals surface area contributed by atoms with E-state index in [0.717, 1.165) is 4.57 Å². The zero-order valence-electron chi connectivity index (χ0n) is 16.4. The molecular formula is C13H17N4O14P3. The van der Waals surface area contributed by atoms with Gasteiger partial charge in [-0.2, -0.15) is 13.6 Å². The molecule has 2 aromatic heterocycles. The van der Waals surface area contributed by atoms with Gasteiger partial charge in [0.15, 0.2) is 17.5 Å². The van der Waals surface area contributed by atoms with Gasteiger partial charge in [0.2, 0.25) is 5.95 Å². The van der Waals surface area contributed by atoms with Crippen molar-refractivity contribution in [3.05, 3.63) is 22.6 Å². The Morgan fingerprint density at radius 1 is 1.26 bits per heavy atom. The van der Waals surface area contributed by atoms with E-state index in [-0.39, 0.29) is 17.0 Å². The van der Waals surface area contributed by atoms with E-state index in [1.807, 2.05) is 5.92 Å². The molecule has 3 heterocycles. The fourth-order valence-corrected chi connectivity index (χ4v) is 6.09. The maximum Gasteiger partial charge on any atom is 0.490 e. The van der Waals surface area contributed by atoms with Crippen molar-refractivity contribution in [3.63, 3.8) is 0 Å². The third-order valence-corrected chi connectivity index (χ3v) is 8.19. The number of fused-ring (bicyclic) bond motifs is 1. The molecule has 2 aromatic rings. The van der Waals surface area contributed by atoms with Crippen molar-refractivity contribution in [2.24, 2.45) is 0 Å². The van der Waals surface area contributed by atoms with Gasteiger partial charge in [-0.15, -0.1) is 6.42 Å². The summed E-state index contributed by atoms with van der Waals surface area (Å²) in [7, 11) is -16.9. The molecule has 0 spiro atoms. The summed E-state index contributed by atoms with van der Waals surface area (Å²) in [5.41, 5.74) is 2.29.